The quantitative estimate of drug-likeness (QED) is 0.327. The smallest absolute Gasteiger partial charge is 0.229 e. The van der Waals surface area contributed by atoms with Crippen LogP contribution in [0, 0.1) is 0 Å². The normalized spacial score (nSPS) is 10.9. The summed E-state index contributed by atoms with van der Waals surface area (Å²) in [5.41, 5.74) is 0. The predicted octanol–water partition coefficient (Wildman–Crippen LogP) is 2.04. The molecule has 0 fully saturated rings. The van der Waals surface area contributed by atoms with Gasteiger partial charge in [0.25, 0.3) is 0 Å². The Morgan fingerprint density at radius 2 is 1.44 bits per heavy atom. The Hall–Kier alpha value is -0.920. The molecule has 0 saturated carbocycles. The van der Waals surface area contributed by atoms with Crippen molar-refractivity contribution in [2.45, 2.75) is 13.8 Å². The molecule has 0 rings (SSSR count). The fraction of sp³-hybridized carbons (Fsp3) is 0.429. The summed E-state index contributed by atoms with van der Waals surface area (Å²) in [5, 5.41) is 0. The van der Waals surface area contributed by atoms with Gasteiger partial charge in [0.1, 0.15) is 0 Å². The minimum absolute atomic E-state index is 0.286. The molecule has 0 radical (unpaired) electrons. The van der Waals surface area contributed by atoms with Crippen LogP contribution in [-0.4, -0.2) is 6.79 Å². The molecule has 0 aliphatic heterocycles. The topological polar surface area (TPSA) is 18.5 Å². The van der Waals surface area contributed by atoms with Gasteiger partial charge in [0.05, 0.1) is 12.5 Å². The van der Waals surface area contributed by atoms with Crippen molar-refractivity contribution >= 4 is 0 Å². The molecule has 0 aromatic carbocycles. The Balaban J connectivity index is 2.91. The summed E-state index contributed by atoms with van der Waals surface area (Å²) >= 11 is 0. The van der Waals surface area contributed by atoms with E-state index >= 15 is 0 Å². The fourth-order valence-electron chi connectivity index (χ4n) is 0.310. The largest absolute Gasteiger partial charge is 0.465 e. The van der Waals surface area contributed by atoms with Gasteiger partial charge in [0, 0.05) is 0 Å². The van der Waals surface area contributed by atoms with Gasteiger partial charge in [-0.2, -0.15) is 0 Å². The van der Waals surface area contributed by atoms with Gasteiger partial charge >= 0.3 is 0 Å². The maximum absolute atomic E-state index is 4.83. The van der Waals surface area contributed by atoms with Crippen LogP contribution < -0.4 is 0 Å². The molecule has 0 atom stereocenters. The third kappa shape index (κ3) is 7.08. The average Bonchev–Trinajstić information content (AvgIpc) is 1.89. The summed E-state index contributed by atoms with van der Waals surface area (Å²) in [6.45, 7) is 4.06. The Bertz CT molecular complexity index is 83.1. The van der Waals surface area contributed by atoms with Crippen LogP contribution >= 0.6 is 0 Å². The van der Waals surface area contributed by atoms with Crippen LogP contribution in [0.1, 0.15) is 13.8 Å². The van der Waals surface area contributed by atoms with Crippen LogP contribution in [0.5, 0.6) is 0 Å². The van der Waals surface area contributed by atoms with Gasteiger partial charge in [-0.3, -0.25) is 0 Å². The molecule has 0 aromatic heterocycles. The van der Waals surface area contributed by atoms with E-state index in [1.165, 1.54) is 0 Å². The highest BCUT2D eigenvalue weighted by Gasteiger charge is 1.72. The van der Waals surface area contributed by atoms with E-state index in [2.05, 4.69) is 0 Å². The van der Waals surface area contributed by atoms with E-state index < -0.39 is 0 Å². The third-order valence-corrected chi connectivity index (χ3v) is 0.601. The van der Waals surface area contributed by atoms with Crippen LogP contribution in [-0.2, 0) is 9.47 Å². The molecule has 0 amide bonds. The van der Waals surface area contributed by atoms with E-state index in [0.717, 1.165) is 0 Å². The Morgan fingerprint density at radius 3 is 1.78 bits per heavy atom. The molecule has 0 unspecified atom stereocenters. The zero-order valence-corrected chi connectivity index (χ0v) is 5.83. The molecule has 0 aliphatic carbocycles. The minimum atomic E-state index is 0.286. The highest BCUT2D eigenvalue weighted by atomic mass is 16.7. The fourth-order valence-corrected chi connectivity index (χ4v) is 0.310. The second kappa shape index (κ2) is 7.08. The lowest BCUT2D eigenvalue weighted by atomic mass is 10.7. The van der Waals surface area contributed by atoms with Crippen LogP contribution in [0.25, 0.3) is 0 Å². The van der Waals surface area contributed by atoms with Crippen molar-refractivity contribution in [3.05, 3.63) is 24.7 Å². The van der Waals surface area contributed by atoms with Gasteiger partial charge < -0.3 is 9.47 Å². The number of hydrogen-bond acceptors (Lipinski definition) is 2. The van der Waals surface area contributed by atoms with Gasteiger partial charge in [-0.05, 0) is 13.8 Å². The maximum atomic E-state index is 4.83. The maximum Gasteiger partial charge on any atom is 0.229 e. The van der Waals surface area contributed by atoms with Crippen molar-refractivity contribution in [3.63, 3.8) is 0 Å². The van der Waals surface area contributed by atoms with Gasteiger partial charge in [0.15, 0.2) is 0 Å². The van der Waals surface area contributed by atoms with E-state index in [0.29, 0.717) is 0 Å². The molecular weight excluding hydrogens is 116 g/mol. The number of hydrogen-bond donors (Lipinski definition) is 0. The zero-order valence-electron chi connectivity index (χ0n) is 5.83. The van der Waals surface area contributed by atoms with Gasteiger partial charge in [-0.1, -0.05) is 12.2 Å². The summed E-state index contributed by atoms with van der Waals surface area (Å²) in [6, 6.07) is 0. The van der Waals surface area contributed by atoms with Crippen molar-refractivity contribution in [1.29, 1.82) is 0 Å². The number of rotatable bonds is 4. The van der Waals surface area contributed by atoms with E-state index in [9.17, 15) is 0 Å². The molecule has 0 spiro atoms. The second-order valence-corrected chi connectivity index (χ2v) is 1.39. The van der Waals surface area contributed by atoms with Crippen molar-refractivity contribution in [2.75, 3.05) is 6.79 Å². The zero-order chi connectivity index (χ0) is 6.95. The van der Waals surface area contributed by atoms with Crippen LogP contribution in [0.15, 0.2) is 24.7 Å². The molecular formula is C7H12O2. The van der Waals surface area contributed by atoms with E-state index in [-0.39, 0.29) is 6.79 Å². The molecule has 52 valence electrons. The molecule has 0 aromatic rings. The highest BCUT2D eigenvalue weighted by molar-refractivity contribution is 4.66. The Labute approximate surface area is 55.8 Å². The van der Waals surface area contributed by atoms with Crippen molar-refractivity contribution in [3.8, 4) is 0 Å². The summed E-state index contributed by atoms with van der Waals surface area (Å²) in [4.78, 5) is 0. The molecule has 2 heteroatoms. The molecule has 9 heavy (non-hydrogen) atoms. The standard InChI is InChI=1S/C7H12O2/c1-3-5-8-7-9-6-4-2/h3-6H,7H2,1-2H3. The lowest BCUT2D eigenvalue weighted by molar-refractivity contribution is 0.0449. The minimum Gasteiger partial charge on any atom is -0.465 e. The Kier molecular flexibility index (Phi) is 6.36. The first kappa shape index (κ1) is 8.08. The van der Waals surface area contributed by atoms with Crippen LogP contribution in [0.2, 0.25) is 0 Å². The Morgan fingerprint density at radius 1 is 1.00 bits per heavy atom. The summed E-state index contributed by atoms with van der Waals surface area (Å²) in [7, 11) is 0. The molecule has 0 N–H and O–H groups in total. The molecule has 0 heterocycles. The summed E-state index contributed by atoms with van der Waals surface area (Å²) < 4.78 is 9.66. The monoisotopic (exact) mass is 128 g/mol. The molecule has 0 bridgehead atoms. The third-order valence-electron chi connectivity index (χ3n) is 0.601. The number of ether oxygens (including phenoxy) is 2. The highest BCUT2D eigenvalue weighted by Crippen LogP contribution is 1.80. The van der Waals surface area contributed by atoms with Gasteiger partial charge in [-0.15, -0.1) is 0 Å². The SMILES string of the molecule is CC=COCOC=CC. The second-order valence-electron chi connectivity index (χ2n) is 1.39. The predicted molar refractivity (Wildman–Crippen MR) is 36.7 cm³/mol. The van der Waals surface area contributed by atoms with Gasteiger partial charge in [0.2, 0.25) is 6.79 Å². The van der Waals surface area contributed by atoms with Crippen molar-refractivity contribution in [2.24, 2.45) is 0 Å². The first-order valence-electron chi connectivity index (χ1n) is 2.87. The van der Waals surface area contributed by atoms with Crippen LogP contribution in [0.4, 0.5) is 0 Å². The summed E-state index contributed by atoms with van der Waals surface area (Å²) in [5.74, 6) is 0. The molecule has 2 nitrogen and oxygen atoms in total. The van der Waals surface area contributed by atoms with Crippen molar-refractivity contribution in [1.82, 2.24) is 0 Å². The lowest BCUT2D eigenvalue weighted by Gasteiger charge is -1.97. The average molecular weight is 128 g/mol. The lowest BCUT2D eigenvalue weighted by Crippen LogP contribution is -1.86. The first-order valence-corrected chi connectivity index (χ1v) is 2.87. The van der Waals surface area contributed by atoms with Gasteiger partial charge in [-0.25, -0.2) is 0 Å². The summed E-state index contributed by atoms with van der Waals surface area (Å²) in [6.07, 6.45) is 6.78. The van der Waals surface area contributed by atoms with E-state index in [1.54, 1.807) is 24.7 Å². The molecule has 0 saturated heterocycles. The first-order chi connectivity index (χ1) is 4.41. The van der Waals surface area contributed by atoms with Crippen LogP contribution in [0.3, 0.4) is 0 Å². The van der Waals surface area contributed by atoms with E-state index in [1.807, 2.05) is 13.8 Å². The number of allylic oxidation sites excluding steroid dienone is 2. The van der Waals surface area contributed by atoms with Crippen molar-refractivity contribution < 1.29 is 9.47 Å². The van der Waals surface area contributed by atoms with E-state index in [4.69, 9.17) is 9.47 Å². The molecule has 0 aliphatic rings.